The molecule has 0 saturated heterocycles. The molecule has 30 heavy (non-hydrogen) atoms. The maximum Gasteiger partial charge on any atom is 0.417 e. The number of aromatic nitrogens is 1. The molecule has 0 bridgehead atoms. The predicted octanol–water partition coefficient (Wildman–Crippen LogP) is 5.92. The zero-order chi connectivity index (χ0) is 21.3. The van der Waals surface area contributed by atoms with Crippen molar-refractivity contribution in [2.45, 2.75) is 12.8 Å². The van der Waals surface area contributed by atoms with E-state index in [4.69, 9.17) is 4.74 Å². The summed E-state index contributed by atoms with van der Waals surface area (Å²) in [7, 11) is 0. The van der Waals surface area contributed by atoms with E-state index < -0.39 is 17.7 Å². The molecule has 0 fully saturated rings. The Balaban J connectivity index is 1.77. The predicted molar refractivity (Wildman–Crippen MR) is 105 cm³/mol. The van der Waals surface area contributed by atoms with Gasteiger partial charge in [-0.05, 0) is 34.9 Å². The van der Waals surface area contributed by atoms with Crippen molar-refractivity contribution in [2.75, 3.05) is 0 Å². The van der Waals surface area contributed by atoms with Gasteiger partial charge in [0.25, 0.3) is 0 Å². The van der Waals surface area contributed by atoms with E-state index in [1.165, 1.54) is 6.07 Å². The SMILES string of the molecule is O=C(OCc1ccccc1)c1cc2c(C(F)(F)F)cc(-c3ccccc3)cc2n1O. The van der Waals surface area contributed by atoms with Crippen LogP contribution in [0, 0.1) is 0 Å². The van der Waals surface area contributed by atoms with E-state index in [9.17, 15) is 23.2 Å². The van der Waals surface area contributed by atoms with Gasteiger partial charge in [0, 0.05) is 5.39 Å². The van der Waals surface area contributed by atoms with E-state index in [1.807, 2.05) is 0 Å². The minimum Gasteiger partial charge on any atom is -0.456 e. The smallest absolute Gasteiger partial charge is 0.417 e. The Morgan fingerprint density at radius 2 is 1.53 bits per heavy atom. The number of fused-ring (bicyclic) bond motifs is 1. The van der Waals surface area contributed by atoms with Crippen molar-refractivity contribution >= 4 is 16.9 Å². The Hall–Kier alpha value is -3.74. The number of carbonyl (C=O) groups excluding carboxylic acids is 1. The van der Waals surface area contributed by atoms with Gasteiger partial charge in [-0.2, -0.15) is 17.9 Å². The standard InChI is InChI=1S/C23H16F3NO3/c24-23(25,26)19-11-17(16-9-5-2-6-10-16)12-20-18(19)13-21(27(20)29)22(28)30-14-15-7-3-1-4-8-15/h1-13,29H,14H2. The van der Waals surface area contributed by atoms with Crippen LogP contribution in [0.5, 0.6) is 0 Å². The molecule has 0 amide bonds. The number of esters is 1. The van der Waals surface area contributed by atoms with Crippen LogP contribution in [0.25, 0.3) is 22.0 Å². The second kappa shape index (κ2) is 7.59. The molecular formula is C23H16F3NO3. The average Bonchev–Trinajstić information content (AvgIpc) is 3.08. The van der Waals surface area contributed by atoms with Crippen LogP contribution < -0.4 is 0 Å². The first-order valence-corrected chi connectivity index (χ1v) is 9.07. The number of alkyl halides is 3. The quantitative estimate of drug-likeness (QED) is 0.335. The highest BCUT2D eigenvalue weighted by Crippen LogP contribution is 2.39. The first-order valence-electron chi connectivity index (χ1n) is 9.07. The van der Waals surface area contributed by atoms with Gasteiger partial charge >= 0.3 is 12.1 Å². The third kappa shape index (κ3) is 3.74. The lowest BCUT2D eigenvalue weighted by Crippen LogP contribution is -2.10. The van der Waals surface area contributed by atoms with Crippen molar-refractivity contribution < 1.29 is 27.9 Å². The van der Waals surface area contributed by atoms with Gasteiger partial charge in [-0.1, -0.05) is 60.7 Å². The van der Waals surface area contributed by atoms with Crippen LogP contribution in [0.2, 0.25) is 0 Å². The summed E-state index contributed by atoms with van der Waals surface area (Å²) in [5.74, 6) is -0.924. The molecule has 0 atom stereocenters. The fraction of sp³-hybridized carbons (Fsp3) is 0.0870. The second-order valence-electron chi connectivity index (χ2n) is 6.72. The molecule has 0 aliphatic heterocycles. The first-order chi connectivity index (χ1) is 14.3. The van der Waals surface area contributed by atoms with Gasteiger partial charge in [-0.15, -0.1) is 0 Å². The Bertz CT molecular complexity index is 1200. The number of rotatable bonds is 4. The number of hydrogen-bond acceptors (Lipinski definition) is 3. The van der Waals surface area contributed by atoms with Crippen LogP contribution in [-0.2, 0) is 17.5 Å². The van der Waals surface area contributed by atoms with Crippen LogP contribution >= 0.6 is 0 Å². The highest BCUT2D eigenvalue weighted by molar-refractivity contribution is 5.98. The average molecular weight is 411 g/mol. The monoisotopic (exact) mass is 411 g/mol. The molecule has 7 heteroatoms. The Kier molecular flexibility index (Phi) is 4.95. The summed E-state index contributed by atoms with van der Waals surface area (Å²) in [5.41, 5.74) is 0.0943. The number of halogens is 3. The van der Waals surface area contributed by atoms with Crippen molar-refractivity contribution in [2.24, 2.45) is 0 Å². The van der Waals surface area contributed by atoms with Crippen LogP contribution in [0.3, 0.4) is 0 Å². The van der Waals surface area contributed by atoms with E-state index in [2.05, 4.69) is 0 Å². The molecule has 0 aliphatic rings. The minimum atomic E-state index is -4.67. The van der Waals surface area contributed by atoms with Gasteiger partial charge in [-0.25, -0.2) is 4.79 Å². The molecule has 0 saturated carbocycles. The lowest BCUT2D eigenvalue weighted by Gasteiger charge is -2.11. The molecule has 0 aliphatic carbocycles. The molecule has 3 aromatic carbocycles. The Morgan fingerprint density at radius 3 is 2.17 bits per heavy atom. The zero-order valence-corrected chi connectivity index (χ0v) is 15.6. The second-order valence-corrected chi connectivity index (χ2v) is 6.72. The molecular weight excluding hydrogens is 395 g/mol. The molecule has 1 N–H and O–H groups in total. The van der Waals surface area contributed by atoms with Gasteiger partial charge in [0.15, 0.2) is 5.69 Å². The van der Waals surface area contributed by atoms with Crippen molar-refractivity contribution in [3.8, 4) is 11.1 Å². The fourth-order valence-corrected chi connectivity index (χ4v) is 3.27. The summed E-state index contributed by atoms with van der Waals surface area (Å²) in [5, 5.41) is 10.2. The highest BCUT2D eigenvalue weighted by Gasteiger charge is 2.35. The number of hydrogen-bond donors (Lipinski definition) is 1. The van der Waals surface area contributed by atoms with Crippen molar-refractivity contribution in [3.63, 3.8) is 0 Å². The van der Waals surface area contributed by atoms with Crippen molar-refractivity contribution in [3.05, 3.63) is 95.7 Å². The lowest BCUT2D eigenvalue weighted by atomic mass is 10.00. The van der Waals surface area contributed by atoms with Gasteiger partial charge in [0.1, 0.15) is 6.61 Å². The van der Waals surface area contributed by atoms with E-state index in [0.29, 0.717) is 15.9 Å². The van der Waals surface area contributed by atoms with Crippen LogP contribution in [0.1, 0.15) is 21.6 Å². The van der Waals surface area contributed by atoms with E-state index in [-0.39, 0.29) is 28.8 Å². The molecule has 152 valence electrons. The van der Waals surface area contributed by atoms with Gasteiger partial charge in [0.2, 0.25) is 0 Å². The molecule has 1 aromatic heterocycles. The first kappa shape index (κ1) is 19.6. The number of carbonyl (C=O) groups is 1. The molecule has 0 spiro atoms. The molecule has 4 nitrogen and oxygen atoms in total. The van der Waals surface area contributed by atoms with Crippen molar-refractivity contribution in [1.82, 2.24) is 4.73 Å². The Labute approximate surface area is 169 Å². The van der Waals surface area contributed by atoms with Gasteiger partial charge in [-0.3, -0.25) is 0 Å². The maximum absolute atomic E-state index is 13.7. The molecule has 0 radical (unpaired) electrons. The number of ether oxygens (including phenoxy) is 1. The van der Waals surface area contributed by atoms with Crippen LogP contribution in [0.4, 0.5) is 13.2 Å². The third-order valence-corrected chi connectivity index (χ3v) is 4.73. The summed E-state index contributed by atoms with van der Waals surface area (Å²) < 4.78 is 46.8. The highest BCUT2D eigenvalue weighted by atomic mass is 19.4. The van der Waals surface area contributed by atoms with Gasteiger partial charge < -0.3 is 9.94 Å². The molecule has 4 rings (SSSR count). The van der Waals surface area contributed by atoms with Crippen LogP contribution in [-0.4, -0.2) is 15.9 Å². The minimum absolute atomic E-state index is 0.0669. The van der Waals surface area contributed by atoms with E-state index in [1.54, 1.807) is 60.7 Å². The lowest BCUT2D eigenvalue weighted by molar-refractivity contribution is -0.136. The molecule has 4 aromatic rings. The fourth-order valence-electron chi connectivity index (χ4n) is 3.27. The summed E-state index contributed by atoms with van der Waals surface area (Å²) in [6, 6.07) is 20.8. The van der Waals surface area contributed by atoms with Crippen LogP contribution in [0.15, 0.2) is 78.9 Å². The third-order valence-electron chi connectivity index (χ3n) is 4.73. The summed E-state index contributed by atoms with van der Waals surface area (Å²) in [6.45, 7) is -0.0669. The topological polar surface area (TPSA) is 51.5 Å². The maximum atomic E-state index is 13.7. The van der Waals surface area contributed by atoms with E-state index in [0.717, 1.165) is 12.1 Å². The molecule has 0 unspecified atom stereocenters. The van der Waals surface area contributed by atoms with Crippen molar-refractivity contribution in [1.29, 1.82) is 0 Å². The summed E-state index contributed by atoms with van der Waals surface area (Å²) >= 11 is 0. The van der Waals surface area contributed by atoms with E-state index >= 15 is 0 Å². The summed E-state index contributed by atoms with van der Waals surface area (Å²) in [4.78, 5) is 12.4. The Morgan fingerprint density at radius 1 is 0.900 bits per heavy atom. The normalized spacial score (nSPS) is 11.6. The van der Waals surface area contributed by atoms with Gasteiger partial charge in [0.05, 0.1) is 11.1 Å². The largest absolute Gasteiger partial charge is 0.456 e. The number of benzene rings is 3. The number of nitrogens with zero attached hydrogens (tertiary/aromatic N) is 1. The molecule has 1 heterocycles. The zero-order valence-electron chi connectivity index (χ0n) is 15.6. The summed E-state index contributed by atoms with van der Waals surface area (Å²) in [6.07, 6.45) is -4.67.